The van der Waals surface area contributed by atoms with Gasteiger partial charge in [0.25, 0.3) is 0 Å². The summed E-state index contributed by atoms with van der Waals surface area (Å²) >= 11 is 0. The highest BCUT2D eigenvalue weighted by Crippen LogP contribution is 2.30. The van der Waals surface area contributed by atoms with Gasteiger partial charge in [0.2, 0.25) is 5.91 Å². The number of carbonyl (C=O) groups excluding carboxylic acids is 2. The highest BCUT2D eigenvalue weighted by atomic mass is 19.4. The molecule has 0 radical (unpaired) electrons. The van der Waals surface area contributed by atoms with Crippen LogP contribution in [0.4, 0.5) is 13.2 Å². The van der Waals surface area contributed by atoms with E-state index in [0.717, 1.165) is 17.7 Å². The quantitative estimate of drug-likeness (QED) is 0.582. The Morgan fingerprint density at radius 2 is 1.89 bits per heavy atom. The fraction of sp³-hybridized carbons (Fsp3) is 0.286. The first-order chi connectivity index (χ1) is 13.3. The highest BCUT2D eigenvalue weighted by Gasteiger charge is 2.32. The average molecular weight is 388 g/mol. The summed E-state index contributed by atoms with van der Waals surface area (Å²) in [7, 11) is 0. The number of rotatable bonds is 4. The lowest BCUT2D eigenvalue weighted by molar-refractivity contribution is -0.137. The smallest absolute Gasteiger partial charge is 0.338 e. The molecule has 0 bridgehead atoms. The number of likely N-dealkylation sites (tertiary alicyclic amines) is 1. The number of hydrogen-bond donors (Lipinski definition) is 0. The van der Waals surface area contributed by atoms with Gasteiger partial charge in [0.05, 0.1) is 5.56 Å². The summed E-state index contributed by atoms with van der Waals surface area (Å²) in [6.07, 6.45) is 3.23. The minimum Gasteiger partial charge on any atom is -0.338 e. The zero-order valence-corrected chi connectivity index (χ0v) is 15.0. The van der Waals surface area contributed by atoms with Gasteiger partial charge in [-0.15, -0.1) is 0 Å². The molecule has 7 heteroatoms. The zero-order chi connectivity index (χ0) is 20.1. The van der Waals surface area contributed by atoms with Gasteiger partial charge in [0.1, 0.15) is 0 Å². The summed E-state index contributed by atoms with van der Waals surface area (Å²) in [5.41, 5.74) is 0.244. The topological polar surface area (TPSA) is 50.3 Å². The number of Topliss-reactive ketones (excluding diaryl/α,β-unsaturated/α-hetero) is 1. The summed E-state index contributed by atoms with van der Waals surface area (Å²) < 4.78 is 38.0. The Bertz CT molecular complexity index is 861. The van der Waals surface area contributed by atoms with E-state index in [0.29, 0.717) is 19.4 Å². The molecule has 4 nitrogen and oxygen atoms in total. The largest absolute Gasteiger partial charge is 0.416 e. The number of aromatic nitrogens is 1. The number of hydrogen-bond acceptors (Lipinski definition) is 3. The van der Waals surface area contributed by atoms with E-state index in [1.807, 2.05) is 6.07 Å². The van der Waals surface area contributed by atoms with Gasteiger partial charge in [-0.3, -0.25) is 14.6 Å². The Hall–Kier alpha value is -2.96. The van der Waals surface area contributed by atoms with Crippen LogP contribution in [0.5, 0.6) is 0 Å². The van der Waals surface area contributed by atoms with Crippen molar-refractivity contribution < 1.29 is 22.8 Å². The number of amides is 1. The fourth-order valence-electron chi connectivity index (χ4n) is 3.20. The molecule has 1 aromatic heterocycles. The van der Waals surface area contributed by atoms with E-state index in [2.05, 4.69) is 4.98 Å². The van der Waals surface area contributed by atoms with Crippen molar-refractivity contribution in [1.82, 2.24) is 9.88 Å². The third-order valence-corrected chi connectivity index (χ3v) is 4.70. The van der Waals surface area contributed by atoms with Gasteiger partial charge < -0.3 is 4.90 Å². The molecule has 2 aromatic rings. The van der Waals surface area contributed by atoms with Crippen LogP contribution in [-0.2, 0) is 11.0 Å². The van der Waals surface area contributed by atoms with Crippen molar-refractivity contribution in [2.24, 2.45) is 5.92 Å². The van der Waals surface area contributed by atoms with Crippen LogP contribution in [0.1, 0.15) is 34.3 Å². The molecule has 1 aliphatic rings. The summed E-state index contributed by atoms with van der Waals surface area (Å²) in [6.45, 7) is 0.809. The van der Waals surface area contributed by atoms with E-state index in [9.17, 15) is 22.8 Å². The number of alkyl halides is 3. The fourth-order valence-corrected chi connectivity index (χ4v) is 3.20. The number of halogens is 3. The molecule has 1 fully saturated rings. The first-order valence-corrected chi connectivity index (χ1v) is 8.93. The lowest BCUT2D eigenvalue weighted by atomic mass is 9.89. The second kappa shape index (κ2) is 8.37. The molecule has 1 aromatic carbocycles. The van der Waals surface area contributed by atoms with Gasteiger partial charge in [-0.2, -0.15) is 13.2 Å². The highest BCUT2D eigenvalue weighted by molar-refractivity contribution is 5.99. The lowest BCUT2D eigenvalue weighted by Gasteiger charge is -2.31. The van der Waals surface area contributed by atoms with Crippen LogP contribution in [-0.4, -0.2) is 34.7 Å². The molecule has 146 valence electrons. The number of pyridine rings is 1. The molecule has 1 unspecified atom stereocenters. The molecule has 1 atom stereocenters. The third-order valence-electron chi connectivity index (χ3n) is 4.70. The van der Waals surface area contributed by atoms with Crippen LogP contribution < -0.4 is 0 Å². The summed E-state index contributed by atoms with van der Waals surface area (Å²) in [6, 6.07) is 7.82. The zero-order valence-electron chi connectivity index (χ0n) is 15.0. The molecule has 1 amide bonds. The SMILES string of the molecule is O=C(c1ccc(C(F)(F)F)cc1)C1CCCN(C(=O)/C=C/c2cccnc2)C1. The minimum atomic E-state index is -4.43. The van der Waals surface area contributed by atoms with Gasteiger partial charge in [0.15, 0.2) is 5.78 Å². The van der Waals surface area contributed by atoms with Gasteiger partial charge in [0, 0.05) is 43.0 Å². The van der Waals surface area contributed by atoms with E-state index >= 15 is 0 Å². The number of benzene rings is 1. The van der Waals surface area contributed by atoms with Crippen molar-refractivity contribution in [3.05, 3.63) is 71.6 Å². The molecule has 3 rings (SSSR count). The Labute approximate surface area is 160 Å². The predicted molar refractivity (Wildman–Crippen MR) is 98.3 cm³/mol. The summed E-state index contributed by atoms with van der Waals surface area (Å²) in [5, 5.41) is 0. The van der Waals surface area contributed by atoms with E-state index < -0.39 is 17.7 Å². The van der Waals surface area contributed by atoms with E-state index in [-0.39, 0.29) is 23.8 Å². The number of ketones is 1. The Balaban J connectivity index is 1.64. The van der Waals surface area contributed by atoms with Crippen molar-refractivity contribution >= 4 is 17.8 Å². The Morgan fingerprint density at radius 1 is 1.14 bits per heavy atom. The number of nitrogens with zero attached hydrogens (tertiary/aromatic N) is 2. The molecule has 0 aliphatic carbocycles. The monoisotopic (exact) mass is 388 g/mol. The molecule has 0 spiro atoms. The van der Waals surface area contributed by atoms with Crippen LogP contribution in [0.2, 0.25) is 0 Å². The maximum atomic E-state index is 12.7. The summed E-state index contributed by atoms with van der Waals surface area (Å²) in [4.78, 5) is 30.7. The van der Waals surface area contributed by atoms with Crippen molar-refractivity contribution in [2.75, 3.05) is 13.1 Å². The van der Waals surface area contributed by atoms with Crippen LogP contribution in [0.25, 0.3) is 6.08 Å². The third kappa shape index (κ3) is 4.85. The standard InChI is InChI=1S/C21H19F3N2O2/c22-21(23,24)18-8-6-16(7-9-18)20(28)17-4-2-12-26(14-17)19(27)10-5-15-3-1-11-25-13-15/h1,3,5-11,13,17H,2,4,12,14H2/b10-5+. The normalized spacial score (nSPS) is 17.7. The second-order valence-electron chi connectivity index (χ2n) is 6.68. The maximum Gasteiger partial charge on any atom is 0.416 e. The molecular weight excluding hydrogens is 369 g/mol. The van der Waals surface area contributed by atoms with Crippen molar-refractivity contribution in [1.29, 1.82) is 0 Å². The predicted octanol–water partition coefficient (Wildman–Crippen LogP) is 4.24. The van der Waals surface area contributed by atoms with E-state index in [1.54, 1.807) is 29.4 Å². The van der Waals surface area contributed by atoms with Crippen LogP contribution in [0, 0.1) is 5.92 Å². The number of carbonyl (C=O) groups is 2. The molecule has 0 saturated carbocycles. The van der Waals surface area contributed by atoms with Gasteiger partial charge in [-0.1, -0.05) is 18.2 Å². The molecule has 2 heterocycles. The van der Waals surface area contributed by atoms with Crippen LogP contribution in [0.15, 0.2) is 54.9 Å². The van der Waals surface area contributed by atoms with E-state index in [1.165, 1.54) is 18.2 Å². The lowest BCUT2D eigenvalue weighted by Crippen LogP contribution is -2.41. The number of piperidine rings is 1. The van der Waals surface area contributed by atoms with Crippen molar-refractivity contribution in [3.63, 3.8) is 0 Å². The van der Waals surface area contributed by atoms with Gasteiger partial charge in [-0.25, -0.2) is 0 Å². The van der Waals surface area contributed by atoms with Gasteiger partial charge in [-0.05, 0) is 42.7 Å². The van der Waals surface area contributed by atoms with E-state index in [4.69, 9.17) is 0 Å². The van der Waals surface area contributed by atoms with Crippen LogP contribution >= 0.6 is 0 Å². The van der Waals surface area contributed by atoms with Crippen molar-refractivity contribution in [3.8, 4) is 0 Å². The van der Waals surface area contributed by atoms with Crippen LogP contribution in [0.3, 0.4) is 0 Å². The molecule has 1 aliphatic heterocycles. The minimum absolute atomic E-state index is 0.200. The van der Waals surface area contributed by atoms with Crippen molar-refractivity contribution in [2.45, 2.75) is 19.0 Å². The molecule has 28 heavy (non-hydrogen) atoms. The Morgan fingerprint density at radius 3 is 2.54 bits per heavy atom. The average Bonchev–Trinajstić information content (AvgIpc) is 2.72. The second-order valence-corrected chi connectivity index (χ2v) is 6.68. The Kier molecular flexibility index (Phi) is 5.92. The first-order valence-electron chi connectivity index (χ1n) is 8.93. The van der Waals surface area contributed by atoms with Gasteiger partial charge >= 0.3 is 6.18 Å². The molecule has 1 saturated heterocycles. The maximum absolute atomic E-state index is 12.7. The molecule has 0 N–H and O–H groups in total. The summed E-state index contributed by atoms with van der Waals surface area (Å²) in [5.74, 6) is -0.850. The molecular formula is C21H19F3N2O2. The first kappa shape index (κ1) is 19.8.